The van der Waals surface area contributed by atoms with Crippen LogP contribution in [0.3, 0.4) is 0 Å². The maximum absolute atomic E-state index is 12.3. The number of β-amino-alcohol motifs (C(OH)–C–C–N with tert-alkyl or cyclic N) is 1. The molecule has 1 saturated heterocycles. The standard InChI is InChI=1S/C23H23ClN2O7/c24-18-4-2-1-3-17(18)19(28)14-33-23(31)15-5-7-16(8-6-15)25-21(29)13-20-22(30)26(9-11-27)10-12-32-20/h1-8,20,27H,9-14H2,(H,25,29). The molecule has 1 unspecified atom stereocenters. The summed E-state index contributed by atoms with van der Waals surface area (Å²) in [5.74, 6) is -1.89. The van der Waals surface area contributed by atoms with Gasteiger partial charge in [-0.2, -0.15) is 0 Å². The van der Waals surface area contributed by atoms with E-state index in [4.69, 9.17) is 26.2 Å². The number of halogens is 1. The molecule has 2 N–H and O–H groups in total. The van der Waals surface area contributed by atoms with Gasteiger partial charge in [-0.1, -0.05) is 23.7 Å². The summed E-state index contributed by atoms with van der Waals surface area (Å²) in [5.41, 5.74) is 0.884. The van der Waals surface area contributed by atoms with Crippen LogP contribution in [-0.4, -0.2) is 72.6 Å². The zero-order chi connectivity index (χ0) is 23.8. The van der Waals surface area contributed by atoms with Gasteiger partial charge in [-0.25, -0.2) is 4.79 Å². The number of hydrogen-bond acceptors (Lipinski definition) is 7. The van der Waals surface area contributed by atoms with Crippen molar-refractivity contribution in [3.63, 3.8) is 0 Å². The van der Waals surface area contributed by atoms with Crippen LogP contribution in [0.15, 0.2) is 48.5 Å². The molecule has 174 valence electrons. The molecule has 2 aromatic carbocycles. The largest absolute Gasteiger partial charge is 0.454 e. The van der Waals surface area contributed by atoms with Gasteiger partial charge in [-0.05, 0) is 36.4 Å². The third-order valence-electron chi connectivity index (χ3n) is 4.92. The van der Waals surface area contributed by atoms with Crippen molar-refractivity contribution in [3.8, 4) is 0 Å². The first-order valence-electron chi connectivity index (χ1n) is 10.2. The topological polar surface area (TPSA) is 122 Å². The van der Waals surface area contributed by atoms with Crippen LogP contribution in [0.2, 0.25) is 5.02 Å². The molecule has 0 spiro atoms. The van der Waals surface area contributed by atoms with E-state index in [1.807, 2.05) is 0 Å². The molecule has 1 fully saturated rings. The zero-order valence-electron chi connectivity index (χ0n) is 17.7. The normalized spacial score (nSPS) is 15.8. The molecule has 0 aliphatic carbocycles. The van der Waals surface area contributed by atoms with Crippen molar-refractivity contribution in [2.45, 2.75) is 12.5 Å². The summed E-state index contributed by atoms with van der Waals surface area (Å²) in [7, 11) is 0. The second-order valence-electron chi connectivity index (χ2n) is 7.22. The van der Waals surface area contributed by atoms with Gasteiger partial charge in [0.05, 0.1) is 30.2 Å². The fourth-order valence-electron chi connectivity index (χ4n) is 3.23. The van der Waals surface area contributed by atoms with Gasteiger partial charge in [0.1, 0.15) is 6.10 Å². The predicted molar refractivity (Wildman–Crippen MR) is 119 cm³/mol. The van der Waals surface area contributed by atoms with Gasteiger partial charge in [0.15, 0.2) is 6.61 Å². The number of anilines is 1. The fraction of sp³-hybridized carbons (Fsp3) is 0.304. The number of ether oxygens (including phenoxy) is 2. The maximum Gasteiger partial charge on any atom is 0.338 e. The summed E-state index contributed by atoms with van der Waals surface area (Å²) in [5, 5.41) is 11.9. The van der Waals surface area contributed by atoms with Crippen molar-refractivity contribution < 1.29 is 33.8 Å². The molecule has 9 nitrogen and oxygen atoms in total. The minimum Gasteiger partial charge on any atom is -0.454 e. The lowest BCUT2D eigenvalue weighted by molar-refractivity contribution is -0.155. The molecule has 1 aliphatic rings. The smallest absolute Gasteiger partial charge is 0.338 e. The molecule has 10 heteroatoms. The van der Waals surface area contributed by atoms with Gasteiger partial charge in [0.25, 0.3) is 5.91 Å². The minimum absolute atomic E-state index is 0.159. The Kier molecular flexibility index (Phi) is 8.53. The zero-order valence-corrected chi connectivity index (χ0v) is 18.4. The van der Waals surface area contributed by atoms with E-state index in [-0.39, 0.29) is 41.6 Å². The van der Waals surface area contributed by atoms with Crippen LogP contribution >= 0.6 is 11.6 Å². The third kappa shape index (κ3) is 6.61. The van der Waals surface area contributed by atoms with Gasteiger partial charge in [0, 0.05) is 24.3 Å². The highest BCUT2D eigenvalue weighted by atomic mass is 35.5. The molecule has 2 aromatic rings. The van der Waals surface area contributed by atoms with E-state index in [2.05, 4.69) is 5.32 Å². The molecular formula is C23H23ClN2O7. The quantitative estimate of drug-likeness (QED) is 0.420. The van der Waals surface area contributed by atoms with Crippen LogP contribution in [0.1, 0.15) is 27.1 Å². The summed E-state index contributed by atoms with van der Waals surface area (Å²) in [6.45, 7) is 0.248. The van der Waals surface area contributed by atoms with Crippen LogP contribution in [-0.2, 0) is 19.1 Å². The highest BCUT2D eigenvalue weighted by Gasteiger charge is 2.31. The Morgan fingerprint density at radius 3 is 2.58 bits per heavy atom. The second-order valence-corrected chi connectivity index (χ2v) is 7.62. The van der Waals surface area contributed by atoms with Gasteiger partial charge >= 0.3 is 5.97 Å². The number of amides is 2. The molecule has 0 saturated carbocycles. The molecule has 0 bridgehead atoms. The van der Waals surface area contributed by atoms with Crippen LogP contribution in [0.4, 0.5) is 5.69 Å². The lowest BCUT2D eigenvalue weighted by Gasteiger charge is -2.31. The number of nitrogens with one attached hydrogen (secondary N) is 1. The van der Waals surface area contributed by atoms with Gasteiger partial charge in [-0.15, -0.1) is 0 Å². The first-order valence-corrected chi connectivity index (χ1v) is 10.6. The van der Waals surface area contributed by atoms with Gasteiger partial charge in [-0.3, -0.25) is 14.4 Å². The van der Waals surface area contributed by atoms with Crippen molar-refractivity contribution in [1.29, 1.82) is 0 Å². The Morgan fingerprint density at radius 1 is 1.15 bits per heavy atom. The Hall–Kier alpha value is -3.27. The fourth-order valence-corrected chi connectivity index (χ4v) is 3.47. The number of nitrogens with zero attached hydrogens (tertiary/aromatic N) is 1. The maximum atomic E-state index is 12.3. The summed E-state index contributed by atoms with van der Waals surface area (Å²) >= 11 is 5.97. The molecular weight excluding hydrogens is 452 g/mol. The van der Waals surface area contributed by atoms with Crippen LogP contribution in [0.25, 0.3) is 0 Å². The molecule has 1 atom stereocenters. The predicted octanol–water partition coefficient (Wildman–Crippen LogP) is 1.93. The average molecular weight is 475 g/mol. The molecule has 2 amide bonds. The monoisotopic (exact) mass is 474 g/mol. The number of rotatable bonds is 9. The number of ketones is 1. The highest BCUT2D eigenvalue weighted by molar-refractivity contribution is 6.34. The lowest BCUT2D eigenvalue weighted by atomic mass is 10.1. The van der Waals surface area contributed by atoms with E-state index < -0.39 is 30.4 Å². The Labute approximate surface area is 195 Å². The second kappa shape index (κ2) is 11.6. The van der Waals surface area contributed by atoms with Crippen molar-refractivity contribution in [1.82, 2.24) is 4.90 Å². The molecule has 0 radical (unpaired) electrons. The number of esters is 1. The number of aliphatic hydroxyl groups is 1. The number of benzene rings is 2. The molecule has 3 rings (SSSR count). The number of carbonyl (C=O) groups excluding carboxylic acids is 4. The van der Waals surface area contributed by atoms with E-state index in [1.165, 1.54) is 29.2 Å². The van der Waals surface area contributed by atoms with Gasteiger partial charge < -0.3 is 24.8 Å². The first kappa shape index (κ1) is 24.4. The van der Waals surface area contributed by atoms with Crippen LogP contribution < -0.4 is 5.32 Å². The molecule has 1 heterocycles. The van der Waals surface area contributed by atoms with E-state index >= 15 is 0 Å². The Morgan fingerprint density at radius 2 is 1.88 bits per heavy atom. The van der Waals surface area contributed by atoms with Crippen molar-refractivity contribution in [2.24, 2.45) is 0 Å². The molecule has 0 aromatic heterocycles. The number of Topliss-reactive ketones (excluding diaryl/α,β-unsaturated/α-hetero) is 1. The average Bonchev–Trinajstić information content (AvgIpc) is 2.81. The van der Waals surface area contributed by atoms with E-state index in [0.29, 0.717) is 18.8 Å². The van der Waals surface area contributed by atoms with Crippen molar-refractivity contribution in [2.75, 3.05) is 38.2 Å². The van der Waals surface area contributed by atoms with E-state index in [0.717, 1.165) is 0 Å². The Balaban J connectivity index is 1.49. The number of carbonyl (C=O) groups is 4. The van der Waals surface area contributed by atoms with Gasteiger partial charge in [0.2, 0.25) is 11.7 Å². The number of morpholine rings is 1. The van der Waals surface area contributed by atoms with Crippen molar-refractivity contribution in [3.05, 3.63) is 64.7 Å². The van der Waals surface area contributed by atoms with E-state index in [9.17, 15) is 19.2 Å². The van der Waals surface area contributed by atoms with Crippen molar-refractivity contribution >= 4 is 40.9 Å². The highest BCUT2D eigenvalue weighted by Crippen LogP contribution is 2.17. The number of aliphatic hydroxyl groups excluding tert-OH is 1. The SMILES string of the molecule is O=C(CC1OCCN(CCO)C1=O)Nc1ccc(C(=O)OCC(=O)c2ccccc2Cl)cc1. The first-order chi connectivity index (χ1) is 15.9. The van der Waals surface area contributed by atoms with Crippen LogP contribution in [0.5, 0.6) is 0 Å². The third-order valence-corrected chi connectivity index (χ3v) is 5.25. The lowest BCUT2D eigenvalue weighted by Crippen LogP contribution is -2.49. The van der Waals surface area contributed by atoms with Crippen LogP contribution in [0, 0.1) is 0 Å². The summed E-state index contributed by atoms with van der Waals surface area (Å²) < 4.78 is 10.4. The summed E-state index contributed by atoms with van der Waals surface area (Å²) in [4.78, 5) is 50.4. The molecule has 33 heavy (non-hydrogen) atoms. The minimum atomic E-state index is -0.907. The van der Waals surface area contributed by atoms with E-state index in [1.54, 1.807) is 24.3 Å². The summed E-state index contributed by atoms with van der Waals surface area (Å²) in [6, 6.07) is 12.4. The molecule has 1 aliphatic heterocycles. The number of hydrogen-bond donors (Lipinski definition) is 2. The Bertz CT molecular complexity index is 1020. The summed E-state index contributed by atoms with van der Waals surface area (Å²) in [6.07, 6.45) is -1.08.